The molecule has 0 bridgehead atoms. The highest BCUT2D eigenvalue weighted by atomic mass is 16.5. The topological polar surface area (TPSA) is 60.5 Å². The number of benzene rings is 2. The Balaban J connectivity index is 1.57. The fraction of sp³-hybridized carbons (Fsp3) is 0.304. The van der Waals surface area contributed by atoms with Crippen LogP contribution in [0, 0.1) is 0 Å². The molecule has 1 heterocycles. The minimum absolute atomic E-state index is 0.00544. The average molecular weight is 378 g/mol. The molecule has 1 aromatic heterocycles. The maximum atomic E-state index is 12.4. The molecule has 5 heteroatoms. The van der Waals surface area contributed by atoms with E-state index in [2.05, 4.69) is 10.3 Å². The Bertz CT molecular complexity index is 935. The molecule has 5 nitrogen and oxygen atoms in total. The molecule has 1 amide bonds. The number of amides is 1. The fourth-order valence-corrected chi connectivity index (χ4v) is 3.14. The zero-order valence-corrected chi connectivity index (χ0v) is 16.4. The number of rotatable bonds is 9. The third-order valence-electron chi connectivity index (χ3n) is 4.41. The van der Waals surface area contributed by atoms with E-state index < -0.39 is 0 Å². The van der Waals surface area contributed by atoms with E-state index in [4.69, 9.17) is 9.47 Å². The summed E-state index contributed by atoms with van der Waals surface area (Å²) in [4.78, 5) is 16.8. The van der Waals surface area contributed by atoms with Gasteiger partial charge in [0.2, 0.25) is 5.91 Å². The van der Waals surface area contributed by atoms with Gasteiger partial charge < -0.3 is 14.8 Å². The van der Waals surface area contributed by atoms with E-state index in [1.54, 1.807) is 6.20 Å². The van der Waals surface area contributed by atoms with Gasteiger partial charge in [0, 0.05) is 18.1 Å². The van der Waals surface area contributed by atoms with Crippen molar-refractivity contribution < 1.29 is 14.3 Å². The van der Waals surface area contributed by atoms with Crippen LogP contribution in [0.2, 0.25) is 0 Å². The fourth-order valence-electron chi connectivity index (χ4n) is 3.14. The summed E-state index contributed by atoms with van der Waals surface area (Å²) in [6, 6.07) is 15.7. The normalized spacial score (nSPS) is 10.6. The number of aromatic nitrogens is 1. The van der Waals surface area contributed by atoms with Crippen LogP contribution < -0.4 is 14.8 Å². The van der Waals surface area contributed by atoms with Crippen molar-refractivity contribution in [2.24, 2.45) is 0 Å². The van der Waals surface area contributed by atoms with Gasteiger partial charge in [-0.1, -0.05) is 30.3 Å². The highest BCUT2D eigenvalue weighted by Gasteiger charge is 2.09. The van der Waals surface area contributed by atoms with Crippen LogP contribution in [-0.2, 0) is 17.6 Å². The Kier molecular flexibility index (Phi) is 6.84. The van der Waals surface area contributed by atoms with E-state index in [9.17, 15) is 4.79 Å². The van der Waals surface area contributed by atoms with Crippen molar-refractivity contribution in [2.75, 3.05) is 19.8 Å². The van der Waals surface area contributed by atoms with Gasteiger partial charge in [-0.25, -0.2) is 0 Å². The summed E-state index contributed by atoms with van der Waals surface area (Å²) < 4.78 is 11.2. The first-order chi connectivity index (χ1) is 13.7. The molecule has 0 fully saturated rings. The second-order valence-electron chi connectivity index (χ2n) is 6.42. The molecule has 0 radical (unpaired) electrons. The molecule has 146 valence electrons. The third-order valence-corrected chi connectivity index (χ3v) is 4.41. The number of pyridine rings is 1. The number of fused-ring (bicyclic) bond motifs is 1. The average Bonchev–Trinajstić information content (AvgIpc) is 2.70. The Labute approximate surface area is 165 Å². The van der Waals surface area contributed by atoms with Crippen LogP contribution in [0.15, 0.2) is 54.7 Å². The molecular weight excluding hydrogens is 352 g/mol. The van der Waals surface area contributed by atoms with Gasteiger partial charge >= 0.3 is 0 Å². The van der Waals surface area contributed by atoms with E-state index >= 15 is 0 Å². The van der Waals surface area contributed by atoms with E-state index in [1.807, 2.05) is 62.4 Å². The summed E-state index contributed by atoms with van der Waals surface area (Å²) in [5.41, 5.74) is 2.92. The largest absolute Gasteiger partial charge is 0.490 e. The van der Waals surface area contributed by atoms with Crippen molar-refractivity contribution in [3.05, 3.63) is 65.9 Å². The molecule has 0 aliphatic rings. The van der Waals surface area contributed by atoms with Crippen molar-refractivity contribution in [1.29, 1.82) is 0 Å². The van der Waals surface area contributed by atoms with Gasteiger partial charge in [-0.05, 0) is 49.6 Å². The predicted molar refractivity (Wildman–Crippen MR) is 111 cm³/mol. The highest BCUT2D eigenvalue weighted by molar-refractivity contribution is 5.87. The van der Waals surface area contributed by atoms with E-state index in [0.717, 1.165) is 39.9 Å². The van der Waals surface area contributed by atoms with Crippen LogP contribution in [0.3, 0.4) is 0 Å². The van der Waals surface area contributed by atoms with Crippen molar-refractivity contribution >= 4 is 16.8 Å². The molecule has 0 aliphatic heterocycles. The Morgan fingerprint density at radius 1 is 1.00 bits per heavy atom. The number of hydrogen-bond acceptors (Lipinski definition) is 4. The molecule has 3 rings (SSSR count). The summed E-state index contributed by atoms with van der Waals surface area (Å²) in [7, 11) is 0. The number of hydrogen-bond donors (Lipinski definition) is 1. The minimum Gasteiger partial charge on any atom is -0.490 e. The smallest absolute Gasteiger partial charge is 0.224 e. The van der Waals surface area contributed by atoms with Crippen molar-refractivity contribution in [3.8, 4) is 11.5 Å². The summed E-state index contributed by atoms with van der Waals surface area (Å²) in [6.07, 6.45) is 2.81. The maximum absolute atomic E-state index is 12.4. The standard InChI is InChI=1S/C23H26N2O3/c1-3-27-20-11-10-17(15-21(20)28-4-2)12-14-24-22(26)16-19-8-5-7-18-9-6-13-25-23(18)19/h5-11,13,15H,3-4,12,14,16H2,1-2H3,(H,24,26). The number of nitrogens with zero attached hydrogens (tertiary/aromatic N) is 1. The van der Waals surface area contributed by atoms with E-state index in [0.29, 0.717) is 26.2 Å². The lowest BCUT2D eigenvalue weighted by Gasteiger charge is -2.13. The minimum atomic E-state index is -0.00544. The number of nitrogens with one attached hydrogen (secondary N) is 1. The number of carbonyl (C=O) groups excluding carboxylic acids is 1. The second-order valence-corrected chi connectivity index (χ2v) is 6.42. The van der Waals surface area contributed by atoms with Crippen LogP contribution >= 0.6 is 0 Å². The van der Waals surface area contributed by atoms with Crippen molar-refractivity contribution in [2.45, 2.75) is 26.7 Å². The summed E-state index contributed by atoms with van der Waals surface area (Å²) in [6.45, 7) is 5.64. The van der Waals surface area contributed by atoms with Crippen molar-refractivity contribution in [1.82, 2.24) is 10.3 Å². The highest BCUT2D eigenvalue weighted by Crippen LogP contribution is 2.28. The monoisotopic (exact) mass is 378 g/mol. The van der Waals surface area contributed by atoms with Crippen LogP contribution in [0.25, 0.3) is 10.9 Å². The lowest BCUT2D eigenvalue weighted by Crippen LogP contribution is -2.27. The van der Waals surface area contributed by atoms with Gasteiger partial charge in [0.1, 0.15) is 0 Å². The van der Waals surface area contributed by atoms with Gasteiger partial charge in [0.05, 0.1) is 25.2 Å². The molecule has 0 saturated heterocycles. The Hall–Kier alpha value is -3.08. The number of ether oxygens (including phenoxy) is 2. The van der Waals surface area contributed by atoms with Gasteiger partial charge in [-0.2, -0.15) is 0 Å². The quantitative estimate of drug-likeness (QED) is 0.613. The molecular formula is C23H26N2O3. The lowest BCUT2D eigenvalue weighted by molar-refractivity contribution is -0.120. The zero-order valence-electron chi connectivity index (χ0n) is 16.4. The number of carbonyl (C=O) groups is 1. The first-order valence-electron chi connectivity index (χ1n) is 9.69. The first kappa shape index (κ1) is 19.7. The molecule has 0 atom stereocenters. The Morgan fingerprint density at radius 2 is 1.79 bits per heavy atom. The molecule has 2 aromatic carbocycles. The molecule has 0 saturated carbocycles. The summed E-state index contributed by atoms with van der Waals surface area (Å²) >= 11 is 0. The van der Waals surface area contributed by atoms with Gasteiger partial charge in [0.15, 0.2) is 11.5 Å². The third kappa shape index (κ3) is 5.00. The molecule has 0 spiro atoms. The molecule has 28 heavy (non-hydrogen) atoms. The van der Waals surface area contributed by atoms with Gasteiger partial charge in [0.25, 0.3) is 0 Å². The van der Waals surface area contributed by atoms with Gasteiger partial charge in [-0.15, -0.1) is 0 Å². The molecule has 0 unspecified atom stereocenters. The molecule has 0 aliphatic carbocycles. The van der Waals surface area contributed by atoms with Gasteiger partial charge in [-0.3, -0.25) is 9.78 Å². The van der Waals surface area contributed by atoms with Crippen LogP contribution in [0.5, 0.6) is 11.5 Å². The van der Waals surface area contributed by atoms with Crippen LogP contribution in [0.4, 0.5) is 0 Å². The lowest BCUT2D eigenvalue weighted by atomic mass is 10.1. The number of para-hydroxylation sites is 1. The second kappa shape index (κ2) is 9.74. The van der Waals surface area contributed by atoms with Crippen LogP contribution in [0.1, 0.15) is 25.0 Å². The SMILES string of the molecule is CCOc1ccc(CCNC(=O)Cc2cccc3cccnc23)cc1OCC. The summed E-state index contributed by atoms with van der Waals surface area (Å²) in [5, 5.41) is 4.04. The van der Waals surface area contributed by atoms with E-state index in [1.165, 1.54) is 0 Å². The molecule has 3 aromatic rings. The maximum Gasteiger partial charge on any atom is 0.224 e. The molecule has 1 N–H and O–H groups in total. The Morgan fingerprint density at radius 3 is 2.61 bits per heavy atom. The van der Waals surface area contributed by atoms with Crippen LogP contribution in [-0.4, -0.2) is 30.6 Å². The first-order valence-corrected chi connectivity index (χ1v) is 9.69. The zero-order chi connectivity index (χ0) is 19.8. The summed E-state index contributed by atoms with van der Waals surface area (Å²) in [5.74, 6) is 1.49. The van der Waals surface area contributed by atoms with Crippen molar-refractivity contribution in [3.63, 3.8) is 0 Å². The predicted octanol–water partition coefficient (Wildman–Crippen LogP) is 3.93. The van der Waals surface area contributed by atoms with E-state index in [-0.39, 0.29) is 5.91 Å².